The van der Waals surface area contributed by atoms with E-state index in [-0.39, 0.29) is 40.3 Å². The van der Waals surface area contributed by atoms with Gasteiger partial charge in [0.15, 0.2) is 0 Å². The normalized spacial score (nSPS) is 10.9. The lowest BCUT2D eigenvalue weighted by atomic mass is 10.1. The van der Waals surface area contributed by atoms with Crippen molar-refractivity contribution in [3.63, 3.8) is 0 Å². The molecule has 0 aliphatic rings. The highest BCUT2D eigenvalue weighted by Crippen LogP contribution is 2.39. The fourth-order valence-electron chi connectivity index (χ4n) is 2.03. The van der Waals surface area contributed by atoms with Gasteiger partial charge in [0, 0.05) is 19.5 Å². The minimum absolute atomic E-state index is 0.0277. The second-order valence-electron chi connectivity index (χ2n) is 4.92. The lowest BCUT2D eigenvalue weighted by molar-refractivity contribution is -0.141. The Bertz CT molecular complexity index is 815. The minimum Gasteiger partial charge on any atom is -0.488 e. The van der Waals surface area contributed by atoms with Crippen molar-refractivity contribution < 1.29 is 32.2 Å². The van der Waals surface area contributed by atoms with E-state index in [1.807, 2.05) is 0 Å². The van der Waals surface area contributed by atoms with Gasteiger partial charge in [0.05, 0.1) is 5.02 Å². The van der Waals surface area contributed by atoms with Crippen LogP contribution in [0.15, 0.2) is 12.1 Å². The van der Waals surface area contributed by atoms with E-state index in [0.29, 0.717) is 0 Å². The SMILES string of the molecule is CC(=O)OCCOc1cc(-c2nn(C)c(OC(F)F)c2Cl)c(F)cc1Cl. The highest BCUT2D eigenvalue weighted by atomic mass is 35.5. The van der Waals surface area contributed by atoms with Crippen LogP contribution in [0.25, 0.3) is 11.3 Å². The highest BCUT2D eigenvalue weighted by Gasteiger charge is 2.23. The molecule has 0 saturated heterocycles. The van der Waals surface area contributed by atoms with E-state index in [2.05, 4.69) is 9.84 Å². The van der Waals surface area contributed by atoms with Gasteiger partial charge in [-0.05, 0) is 12.1 Å². The molecule has 142 valence electrons. The Morgan fingerprint density at radius 2 is 2.00 bits per heavy atom. The van der Waals surface area contributed by atoms with Crippen molar-refractivity contribution in [1.82, 2.24) is 9.78 Å². The number of ether oxygens (including phenoxy) is 3. The number of aromatic nitrogens is 2. The van der Waals surface area contributed by atoms with Crippen LogP contribution in [-0.4, -0.2) is 35.6 Å². The summed E-state index contributed by atoms with van der Waals surface area (Å²) in [4.78, 5) is 10.7. The van der Waals surface area contributed by atoms with E-state index in [1.165, 1.54) is 20.0 Å². The average Bonchev–Trinajstić information content (AvgIpc) is 2.80. The summed E-state index contributed by atoms with van der Waals surface area (Å²) in [6.45, 7) is -1.94. The maximum Gasteiger partial charge on any atom is 0.388 e. The van der Waals surface area contributed by atoms with E-state index in [4.69, 9.17) is 32.7 Å². The summed E-state index contributed by atoms with van der Waals surface area (Å²) in [6, 6.07) is 2.18. The molecule has 0 aliphatic heterocycles. The molecule has 1 heterocycles. The molecular weight excluding hydrogens is 400 g/mol. The number of benzene rings is 1. The third-order valence-electron chi connectivity index (χ3n) is 3.06. The molecule has 0 spiro atoms. The zero-order valence-corrected chi connectivity index (χ0v) is 15.1. The monoisotopic (exact) mass is 412 g/mol. The average molecular weight is 413 g/mol. The van der Waals surface area contributed by atoms with E-state index >= 15 is 0 Å². The summed E-state index contributed by atoms with van der Waals surface area (Å²) in [5.41, 5.74) is -0.245. The quantitative estimate of drug-likeness (QED) is 0.506. The number of hydrogen-bond acceptors (Lipinski definition) is 5. The molecule has 2 rings (SSSR count). The smallest absolute Gasteiger partial charge is 0.388 e. The van der Waals surface area contributed by atoms with Crippen LogP contribution in [0.4, 0.5) is 13.2 Å². The Morgan fingerprint density at radius 3 is 2.62 bits per heavy atom. The van der Waals surface area contributed by atoms with Crippen LogP contribution in [0.1, 0.15) is 6.92 Å². The first-order valence-electron chi connectivity index (χ1n) is 7.13. The van der Waals surface area contributed by atoms with Gasteiger partial charge in [-0.2, -0.15) is 13.9 Å². The summed E-state index contributed by atoms with van der Waals surface area (Å²) in [5, 5.41) is 3.57. The van der Waals surface area contributed by atoms with Crippen molar-refractivity contribution in [2.45, 2.75) is 13.5 Å². The molecule has 0 atom stereocenters. The number of nitrogens with zero attached hydrogens (tertiary/aromatic N) is 2. The molecule has 1 aromatic carbocycles. The van der Waals surface area contributed by atoms with Gasteiger partial charge < -0.3 is 14.2 Å². The molecule has 0 bridgehead atoms. The first-order valence-corrected chi connectivity index (χ1v) is 7.89. The molecule has 0 aliphatic carbocycles. The van der Waals surface area contributed by atoms with Crippen LogP contribution < -0.4 is 9.47 Å². The molecule has 11 heteroatoms. The minimum atomic E-state index is -3.12. The van der Waals surface area contributed by atoms with Crippen LogP contribution in [0, 0.1) is 5.82 Å². The van der Waals surface area contributed by atoms with Gasteiger partial charge in [-0.15, -0.1) is 0 Å². The summed E-state index contributed by atoms with van der Waals surface area (Å²) in [7, 11) is 1.32. The standard InChI is InChI=1S/C15H13Cl2F3N2O4/c1-7(23)24-3-4-25-11-5-8(10(18)6-9(11)16)13-12(17)14(22(2)21-13)26-15(19)20/h5-6,15H,3-4H2,1-2H3. The van der Waals surface area contributed by atoms with Crippen molar-refractivity contribution in [3.05, 3.63) is 28.0 Å². The predicted molar refractivity (Wildman–Crippen MR) is 87.4 cm³/mol. The zero-order valence-electron chi connectivity index (χ0n) is 13.6. The highest BCUT2D eigenvalue weighted by molar-refractivity contribution is 6.34. The second-order valence-corrected chi connectivity index (χ2v) is 5.71. The predicted octanol–water partition coefficient (Wildman–Crippen LogP) is 4.08. The number of carbonyl (C=O) groups excluding carboxylic acids is 1. The summed E-state index contributed by atoms with van der Waals surface area (Å²) in [6.07, 6.45) is 0. The maximum atomic E-state index is 14.3. The fourth-order valence-corrected chi connectivity index (χ4v) is 2.54. The van der Waals surface area contributed by atoms with Crippen LogP contribution in [0.5, 0.6) is 11.6 Å². The number of esters is 1. The summed E-state index contributed by atoms with van der Waals surface area (Å²) >= 11 is 11.9. The zero-order chi connectivity index (χ0) is 19.4. The Balaban J connectivity index is 2.32. The molecule has 6 nitrogen and oxygen atoms in total. The van der Waals surface area contributed by atoms with Crippen LogP contribution >= 0.6 is 23.2 Å². The van der Waals surface area contributed by atoms with Crippen LogP contribution in [0.2, 0.25) is 10.0 Å². The van der Waals surface area contributed by atoms with Crippen molar-refractivity contribution in [2.75, 3.05) is 13.2 Å². The van der Waals surface area contributed by atoms with Gasteiger partial charge in [-0.25, -0.2) is 9.07 Å². The molecule has 0 fully saturated rings. The third-order valence-corrected chi connectivity index (χ3v) is 3.70. The first kappa shape index (κ1) is 20.2. The maximum absolute atomic E-state index is 14.3. The second kappa shape index (κ2) is 8.50. The molecule has 0 saturated carbocycles. The first-order chi connectivity index (χ1) is 12.2. The molecule has 26 heavy (non-hydrogen) atoms. The van der Waals surface area contributed by atoms with Gasteiger partial charge in [-0.1, -0.05) is 23.2 Å². The lowest BCUT2D eigenvalue weighted by Gasteiger charge is -2.10. The van der Waals surface area contributed by atoms with Gasteiger partial charge >= 0.3 is 12.6 Å². The van der Waals surface area contributed by atoms with E-state index in [0.717, 1.165) is 10.7 Å². The molecular formula is C15H13Cl2F3N2O4. The molecule has 1 aromatic heterocycles. The van der Waals surface area contributed by atoms with Crippen LogP contribution in [0.3, 0.4) is 0 Å². The largest absolute Gasteiger partial charge is 0.488 e. The van der Waals surface area contributed by atoms with Crippen molar-refractivity contribution >= 4 is 29.2 Å². The Hall–Kier alpha value is -2.13. The molecule has 0 N–H and O–H groups in total. The Morgan fingerprint density at radius 1 is 1.31 bits per heavy atom. The lowest BCUT2D eigenvalue weighted by Crippen LogP contribution is -2.09. The topological polar surface area (TPSA) is 62.6 Å². The van der Waals surface area contributed by atoms with Crippen molar-refractivity contribution in [3.8, 4) is 22.9 Å². The summed E-state index contributed by atoms with van der Waals surface area (Å²) in [5.74, 6) is -1.60. The van der Waals surface area contributed by atoms with E-state index < -0.39 is 24.3 Å². The number of rotatable bonds is 7. The van der Waals surface area contributed by atoms with Gasteiger partial charge in [-0.3, -0.25) is 4.79 Å². The fraction of sp³-hybridized carbons (Fsp3) is 0.333. The molecule has 0 radical (unpaired) electrons. The van der Waals surface area contributed by atoms with Crippen molar-refractivity contribution in [1.29, 1.82) is 0 Å². The molecule has 2 aromatic rings. The van der Waals surface area contributed by atoms with Gasteiger partial charge in [0.25, 0.3) is 0 Å². The third kappa shape index (κ3) is 4.73. The van der Waals surface area contributed by atoms with E-state index in [1.54, 1.807) is 0 Å². The van der Waals surface area contributed by atoms with Crippen LogP contribution in [-0.2, 0) is 16.6 Å². The molecule has 0 unspecified atom stereocenters. The van der Waals surface area contributed by atoms with E-state index in [9.17, 15) is 18.0 Å². The Labute approximate surface area is 156 Å². The molecule has 0 amide bonds. The Kier molecular flexibility index (Phi) is 6.60. The van der Waals surface area contributed by atoms with Gasteiger partial charge in [0.2, 0.25) is 5.88 Å². The van der Waals surface area contributed by atoms with Gasteiger partial charge in [0.1, 0.15) is 35.5 Å². The number of aryl methyl sites for hydroxylation is 1. The number of alkyl halides is 2. The number of hydrogen-bond donors (Lipinski definition) is 0. The number of halogens is 5. The van der Waals surface area contributed by atoms with Crippen molar-refractivity contribution in [2.24, 2.45) is 7.05 Å². The number of carbonyl (C=O) groups is 1. The summed E-state index contributed by atoms with van der Waals surface area (Å²) < 4.78 is 54.5.